The summed E-state index contributed by atoms with van der Waals surface area (Å²) in [5, 5.41) is -2.91. The van der Waals surface area contributed by atoms with E-state index in [0.717, 1.165) is 0 Å². The Balaban J connectivity index is 6.01. The zero-order valence-corrected chi connectivity index (χ0v) is 16.9. The van der Waals surface area contributed by atoms with Crippen molar-refractivity contribution in [2.45, 2.75) is 50.0 Å². The van der Waals surface area contributed by atoms with E-state index in [1.807, 2.05) is 10.6 Å². The molecule has 0 aromatic carbocycles. The molecule has 2 amide bonds. The van der Waals surface area contributed by atoms with Crippen molar-refractivity contribution in [1.29, 1.82) is 0 Å². The van der Waals surface area contributed by atoms with Crippen LogP contribution >= 0.6 is 0 Å². The Morgan fingerprint density at radius 3 is 1.39 bits per heavy atom. The van der Waals surface area contributed by atoms with Gasteiger partial charge >= 0.3 is 23.3 Å². The van der Waals surface area contributed by atoms with Gasteiger partial charge in [-0.2, -0.15) is 43.8 Å². The predicted octanol–water partition coefficient (Wildman–Crippen LogP) is 2.10. The molecule has 0 radical (unpaired) electrons. The van der Waals surface area contributed by atoms with Crippen molar-refractivity contribution in [1.82, 2.24) is 14.9 Å². The molecule has 2 N–H and O–H groups in total. The van der Waals surface area contributed by atoms with Crippen molar-refractivity contribution >= 4 is 21.8 Å². The first-order valence-electron chi connectivity index (χ1n) is 8.54. The maximum absolute atomic E-state index is 14.0. The van der Waals surface area contributed by atoms with E-state index in [0.29, 0.717) is 0 Å². The number of hydrogen-bond donors (Lipinski definition) is 2. The third-order valence-electron chi connectivity index (χ3n) is 3.79. The average Bonchev–Trinajstić information content (AvgIpc) is 2.64. The molecule has 0 heterocycles. The van der Waals surface area contributed by atoms with Crippen LogP contribution in [0.2, 0.25) is 0 Å². The maximum Gasteiger partial charge on any atom is 0.460 e. The fraction of sp³-hybridized carbons (Fsp3) is 0.857. The number of alkyl halides is 9. The van der Waals surface area contributed by atoms with Gasteiger partial charge in [-0.05, 0) is 0 Å². The summed E-state index contributed by atoms with van der Waals surface area (Å²) in [6.45, 7) is -1.19. The summed E-state index contributed by atoms with van der Waals surface area (Å²) < 4.78 is 142. The van der Waals surface area contributed by atoms with E-state index < -0.39 is 75.6 Å². The van der Waals surface area contributed by atoms with Crippen LogP contribution in [0.25, 0.3) is 0 Å². The summed E-state index contributed by atoms with van der Waals surface area (Å²) >= 11 is 0. The van der Waals surface area contributed by atoms with Gasteiger partial charge in [0.2, 0.25) is 11.8 Å². The van der Waals surface area contributed by atoms with Crippen LogP contribution in [-0.4, -0.2) is 74.0 Å². The van der Waals surface area contributed by atoms with Gasteiger partial charge in [-0.3, -0.25) is 9.59 Å². The van der Waals surface area contributed by atoms with Gasteiger partial charge in [0.1, 0.15) is 0 Å². The summed E-state index contributed by atoms with van der Waals surface area (Å²) in [5.74, 6) is -16.2. The Labute approximate surface area is 171 Å². The molecule has 0 aliphatic heterocycles. The molecule has 0 aromatic rings. The lowest BCUT2D eigenvalue weighted by Crippen LogP contribution is -2.65. The third kappa shape index (κ3) is 6.14. The molecule has 0 bridgehead atoms. The molecule has 0 aliphatic carbocycles. The quantitative estimate of drug-likeness (QED) is 0.404. The lowest BCUT2D eigenvalue weighted by molar-refractivity contribution is -0.382. The van der Waals surface area contributed by atoms with E-state index in [1.165, 1.54) is 13.8 Å². The molecule has 0 atom stereocenters. The first-order chi connectivity index (χ1) is 13.8. The van der Waals surface area contributed by atoms with Gasteiger partial charge < -0.3 is 10.6 Å². The molecular weight excluding hydrogens is 477 g/mol. The van der Waals surface area contributed by atoms with Gasteiger partial charge in [0, 0.05) is 39.0 Å². The minimum Gasteiger partial charge on any atom is -0.355 e. The molecule has 0 rings (SSSR count). The Kier molecular flexibility index (Phi) is 9.64. The summed E-state index contributed by atoms with van der Waals surface area (Å²) in [4.78, 5) is 22.3. The second-order valence-corrected chi connectivity index (χ2v) is 7.95. The monoisotopic (exact) mass is 497 g/mol. The van der Waals surface area contributed by atoms with Crippen LogP contribution in [0.5, 0.6) is 0 Å². The van der Waals surface area contributed by atoms with E-state index in [4.69, 9.17) is 0 Å². The highest BCUT2D eigenvalue weighted by Gasteiger charge is 2.85. The highest BCUT2D eigenvalue weighted by Crippen LogP contribution is 2.55. The molecule has 0 spiro atoms. The van der Waals surface area contributed by atoms with Crippen molar-refractivity contribution in [2.24, 2.45) is 0 Å². The fourth-order valence-corrected chi connectivity index (χ4v) is 3.37. The number of rotatable bonds is 12. The van der Waals surface area contributed by atoms with Crippen LogP contribution in [-0.2, 0) is 19.6 Å². The minimum absolute atomic E-state index is 0.147. The van der Waals surface area contributed by atoms with E-state index in [9.17, 15) is 57.5 Å². The van der Waals surface area contributed by atoms with E-state index in [2.05, 4.69) is 0 Å². The Morgan fingerprint density at radius 1 is 0.742 bits per heavy atom. The van der Waals surface area contributed by atoms with Crippen LogP contribution in [0.1, 0.15) is 26.7 Å². The van der Waals surface area contributed by atoms with Crippen LogP contribution in [0.15, 0.2) is 0 Å². The number of hydrogen-bond acceptors (Lipinski definition) is 4. The smallest absolute Gasteiger partial charge is 0.355 e. The molecule has 0 aromatic heterocycles. The minimum atomic E-state index is -7.39. The van der Waals surface area contributed by atoms with Gasteiger partial charge in [0.15, 0.2) is 0 Å². The topological polar surface area (TPSA) is 95.6 Å². The molecule has 0 saturated carbocycles. The van der Waals surface area contributed by atoms with Crippen molar-refractivity contribution in [3.05, 3.63) is 0 Å². The first-order valence-corrected chi connectivity index (χ1v) is 9.98. The number of carbonyl (C=O) groups is 2. The lowest BCUT2D eigenvalue weighted by atomic mass is 10.1. The van der Waals surface area contributed by atoms with Crippen LogP contribution in [0.4, 0.5) is 39.5 Å². The number of nitrogens with zero attached hydrogens (tertiary/aromatic N) is 1. The normalized spacial score (nSPS) is 13.9. The Hall–Kier alpha value is -1.78. The summed E-state index contributed by atoms with van der Waals surface area (Å²) in [7, 11) is -6.84. The highest BCUT2D eigenvalue weighted by atomic mass is 32.2. The van der Waals surface area contributed by atoms with Gasteiger partial charge in [-0.15, -0.1) is 0 Å². The third-order valence-corrected chi connectivity index (χ3v) is 5.74. The van der Waals surface area contributed by atoms with Crippen LogP contribution in [0.3, 0.4) is 0 Å². The van der Waals surface area contributed by atoms with Crippen LogP contribution < -0.4 is 10.6 Å². The van der Waals surface area contributed by atoms with E-state index >= 15 is 0 Å². The zero-order valence-electron chi connectivity index (χ0n) is 16.1. The van der Waals surface area contributed by atoms with E-state index in [1.54, 1.807) is 0 Å². The van der Waals surface area contributed by atoms with Crippen molar-refractivity contribution in [3.8, 4) is 0 Å². The summed E-state index contributed by atoms with van der Waals surface area (Å²) in [5.41, 5.74) is 0. The second-order valence-electron chi connectivity index (χ2n) is 5.97. The second kappa shape index (κ2) is 10.2. The number of amides is 2. The fourth-order valence-electron chi connectivity index (χ4n) is 1.93. The molecule has 0 unspecified atom stereocenters. The maximum atomic E-state index is 14.0. The Morgan fingerprint density at radius 2 is 1.10 bits per heavy atom. The largest absolute Gasteiger partial charge is 0.460 e. The molecule has 0 fully saturated rings. The molecule has 0 aliphatic rings. The molecule has 7 nitrogen and oxygen atoms in total. The number of carbonyl (C=O) groups excluding carboxylic acids is 2. The van der Waals surface area contributed by atoms with Crippen molar-refractivity contribution in [3.63, 3.8) is 0 Å². The summed E-state index contributed by atoms with van der Waals surface area (Å²) in [6.07, 6.45) is -7.48. The highest BCUT2D eigenvalue weighted by molar-refractivity contribution is 7.90. The van der Waals surface area contributed by atoms with Gasteiger partial charge in [-0.1, -0.05) is 13.8 Å². The standard InChI is InChI=1S/C14H20F9N3O4S/c1-3-9(27)24-5-7-26(8-6-25-10(28)4-2)31(29,30)14(22,23)12(17,18)11(15,16)13(19,20)21/h3-8H2,1-2H3,(H,24,27)(H,25,28). The molecule has 0 saturated heterocycles. The Bertz CT molecular complexity index is 720. The van der Waals surface area contributed by atoms with Crippen LogP contribution in [0, 0.1) is 0 Å². The number of halogens is 9. The first kappa shape index (κ1) is 29.2. The van der Waals surface area contributed by atoms with Crippen molar-refractivity contribution < 1.29 is 57.5 Å². The summed E-state index contributed by atoms with van der Waals surface area (Å²) in [6, 6.07) is 0. The molecule has 184 valence electrons. The van der Waals surface area contributed by atoms with Gasteiger partial charge in [-0.25, -0.2) is 8.42 Å². The van der Waals surface area contributed by atoms with Crippen molar-refractivity contribution in [2.75, 3.05) is 26.2 Å². The SMILES string of the molecule is CCC(=O)NCCN(CCNC(=O)CC)S(=O)(=O)C(F)(F)C(F)(F)C(F)(F)C(F)(F)F. The molecule has 17 heteroatoms. The van der Waals surface area contributed by atoms with Gasteiger partial charge in [0.05, 0.1) is 0 Å². The van der Waals surface area contributed by atoms with E-state index in [-0.39, 0.29) is 12.8 Å². The number of nitrogens with one attached hydrogen (secondary N) is 2. The lowest BCUT2D eigenvalue weighted by Gasteiger charge is -2.35. The average molecular weight is 497 g/mol. The zero-order chi connectivity index (χ0) is 24.9. The predicted molar refractivity (Wildman–Crippen MR) is 88.0 cm³/mol. The molecule has 31 heavy (non-hydrogen) atoms. The number of sulfonamides is 1. The molecular formula is C14H20F9N3O4S. The van der Waals surface area contributed by atoms with Gasteiger partial charge in [0.25, 0.3) is 10.0 Å².